The molecule has 1 aromatic carbocycles. The zero-order valence-electron chi connectivity index (χ0n) is 12.6. The Kier molecular flexibility index (Phi) is 5.49. The van der Waals surface area contributed by atoms with Crippen LogP contribution in [0.3, 0.4) is 0 Å². The molecule has 1 saturated carbocycles. The predicted molar refractivity (Wildman–Crippen MR) is 84.9 cm³/mol. The Bertz CT molecular complexity index is 440. The van der Waals surface area contributed by atoms with Gasteiger partial charge in [-0.25, -0.2) is 0 Å². The lowest BCUT2D eigenvalue weighted by Gasteiger charge is -2.15. The maximum absolute atomic E-state index is 11.9. The van der Waals surface area contributed by atoms with Crippen LogP contribution in [-0.4, -0.2) is 35.7 Å². The third-order valence-corrected chi connectivity index (χ3v) is 4.48. The number of nitrogens with zero attached hydrogens (tertiary/aromatic N) is 1. The molecule has 0 atom stereocenters. The quantitative estimate of drug-likeness (QED) is 0.784. The highest BCUT2D eigenvalue weighted by Gasteiger charge is 2.29. The van der Waals surface area contributed by atoms with Gasteiger partial charge in [-0.2, -0.15) is 0 Å². The van der Waals surface area contributed by atoms with Crippen molar-refractivity contribution < 1.29 is 4.79 Å². The van der Waals surface area contributed by atoms with Gasteiger partial charge in [0.15, 0.2) is 0 Å². The van der Waals surface area contributed by atoms with Crippen LogP contribution in [-0.2, 0) is 11.3 Å². The van der Waals surface area contributed by atoms with E-state index in [1.165, 1.54) is 18.4 Å². The summed E-state index contributed by atoms with van der Waals surface area (Å²) in [5.74, 6) is 0.777. The SMILES string of the molecule is CC(C)NCc1ccc(SCC(=O)N(C)C2CC2)cc1. The second-order valence-electron chi connectivity index (χ2n) is 5.70. The number of benzene rings is 1. The maximum Gasteiger partial charge on any atom is 0.232 e. The van der Waals surface area contributed by atoms with Crippen molar-refractivity contribution in [3.63, 3.8) is 0 Å². The molecule has 1 N–H and O–H groups in total. The van der Waals surface area contributed by atoms with Gasteiger partial charge in [0, 0.05) is 30.6 Å². The van der Waals surface area contributed by atoms with E-state index in [0.717, 1.165) is 11.4 Å². The first-order chi connectivity index (χ1) is 9.56. The van der Waals surface area contributed by atoms with Gasteiger partial charge in [-0.3, -0.25) is 4.79 Å². The summed E-state index contributed by atoms with van der Waals surface area (Å²) >= 11 is 1.62. The molecule has 1 fully saturated rings. The first-order valence-electron chi connectivity index (χ1n) is 7.27. The number of thioether (sulfide) groups is 1. The molecule has 0 heterocycles. The summed E-state index contributed by atoms with van der Waals surface area (Å²) in [6.45, 7) is 5.18. The van der Waals surface area contributed by atoms with Crippen LogP contribution in [0.5, 0.6) is 0 Å². The van der Waals surface area contributed by atoms with Gasteiger partial charge in [0.05, 0.1) is 5.75 Å². The molecule has 20 heavy (non-hydrogen) atoms. The van der Waals surface area contributed by atoms with E-state index in [2.05, 4.69) is 43.4 Å². The number of carbonyl (C=O) groups is 1. The van der Waals surface area contributed by atoms with Crippen LogP contribution in [0.15, 0.2) is 29.2 Å². The minimum Gasteiger partial charge on any atom is -0.342 e. The molecule has 0 unspecified atom stereocenters. The Balaban J connectivity index is 1.76. The van der Waals surface area contributed by atoms with E-state index in [1.54, 1.807) is 11.8 Å². The number of carbonyl (C=O) groups excluding carboxylic acids is 1. The van der Waals surface area contributed by atoms with E-state index in [0.29, 0.717) is 17.8 Å². The van der Waals surface area contributed by atoms with E-state index in [4.69, 9.17) is 0 Å². The van der Waals surface area contributed by atoms with Crippen molar-refractivity contribution in [1.82, 2.24) is 10.2 Å². The molecule has 0 aliphatic heterocycles. The van der Waals surface area contributed by atoms with Crippen molar-refractivity contribution in [2.24, 2.45) is 0 Å². The minimum absolute atomic E-state index is 0.239. The molecule has 1 aliphatic rings. The topological polar surface area (TPSA) is 32.3 Å². The van der Waals surface area contributed by atoms with E-state index in [1.807, 2.05) is 11.9 Å². The summed E-state index contributed by atoms with van der Waals surface area (Å²) in [6, 6.07) is 9.48. The highest BCUT2D eigenvalue weighted by Crippen LogP contribution is 2.27. The molecule has 0 spiro atoms. The third-order valence-electron chi connectivity index (χ3n) is 3.49. The van der Waals surface area contributed by atoms with Crippen LogP contribution < -0.4 is 5.32 Å². The summed E-state index contributed by atoms with van der Waals surface area (Å²) in [5, 5.41) is 3.40. The largest absolute Gasteiger partial charge is 0.342 e. The predicted octanol–water partition coefficient (Wildman–Crippen LogP) is 2.90. The third kappa shape index (κ3) is 4.84. The summed E-state index contributed by atoms with van der Waals surface area (Å²) in [7, 11) is 1.92. The molecule has 1 amide bonds. The smallest absolute Gasteiger partial charge is 0.232 e. The van der Waals surface area contributed by atoms with E-state index in [-0.39, 0.29) is 5.91 Å². The molecule has 1 aliphatic carbocycles. The summed E-state index contributed by atoms with van der Waals surface area (Å²) in [5.41, 5.74) is 1.28. The Morgan fingerprint density at radius 2 is 2.00 bits per heavy atom. The second kappa shape index (κ2) is 7.14. The van der Waals surface area contributed by atoms with Crippen LogP contribution in [0.1, 0.15) is 32.3 Å². The highest BCUT2D eigenvalue weighted by atomic mass is 32.2. The van der Waals surface area contributed by atoms with Gasteiger partial charge >= 0.3 is 0 Å². The van der Waals surface area contributed by atoms with Crippen molar-refractivity contribution in [1.29, 1.82) is 0 Å². The number of amides is 1. The fraction of sp³-hybridized carbons (Fsp3) is 0.562. The summed E-state index contributed by atoms with van der Waals surface area (Å²) in [4.78, 5) is 15.0. The Morgan fingerprint density at radius 3 is 2.55 bits per heavy atom. The van der Waals surface area contributed by atoms with Gasteiger partial charge in [-0.05, 0) is 30.5 Å². The lowest BCUT2D eigenvalue weighted by Crippen LogP contribution is -2.30. The molecule has 0 bridgehead atoms. The Labute approximate surface area is 126 Å². The Morgan fingerprint density at radius 1 is 1.35 bits per heavy atom. The van der Waals surface area contributed by atoms with Crippen LogP contribution in [0, 0.1) is 0 Å². The van der Waals surface area contributed by atoms with Crippen molar-refractivity contribution in [2.45, 2.75) is 50.2 Å². The molecule has 110 valence electrons. The van der Waals surface area contributed by atoms with Crippen molar-refractivity contribution in [3.05, 3.63) is 29.8 Å². The number of hydrogen-bond acceptors (Lipinski definition) is 3. The number of rotatable bonds is 7. The van der Waals surface area contributed by atoms with Crippen LogP contribution in [0.25, 0.3) is 0 Å². The Hall–Kier alpha value is -1.00. The monoisotopic (exact) mass is 292 g/mol. The van der Waals surface area contributed by atoms with Crippen molar-refractivity contribution >= 4 is 17.7 Å². The summed E-state index contributed by atoms with van der Waals surface area (Å²) < 4.78 is 0. The molecular formula is C16H24N2OS. The lowest BCUT2D eigenvalue weighted by molar-refractivity contribution is -0.127. The van der Waals surface area contributed by atoms with Crippen molar-refractivity contribution in [3.8, 4) is 0 Å². The standard InChI is InChI=1S/C16H24N2OS/c1-12(2)17-10-13-4-8-15(9-5-13)20-11-16(19)18(3)14-6-7-14/h4-5,8-9,12,14,17H,6-7,10-11H2,1-3H3. The molecule has 2 rings (SSSR count). The van der Waals surface area contributed by atoms with Crippen LogP contribution in [0.2, 0.25) is 0 Å². The number of hydrogen-bond donors (Lipinski definition) is 1. The normalized spacial score (nSPS) is 14.6. The van der Waals surface area contributed by atoms with E-state index >= 15 is 0 Å². The average molecular weight is 292 g/mol. The molecule has 0 radical (unpaired) electrons. The first kappa shape index (κ1) is 15.4. The van der Waals surface area contributed by atoms with Crippen LogP contribution >= 0.6 is 11.8 Å². The van der Waals surface area contributed by atoms with Crippen molar-refractivity contribution in [2.75, 3.05) is 12.8 Å². The molecule has 0 aromatic heterocycles. The highest BCUT2D eigenvalue weighted by molar-refractivity contribution is 8.00. The van der Waals surface area contributed by atoms with Gasteiger partial charge in [0.25, 0.3) is 0 Å². The first-order valence-corrected chi connectivity index (χ1v) is 8.25. The lowest BCUT2D eigenvalue weighted by atomic mass is 10.2. The maximum atomic E-state index is 11.9. The fourth-order valence-electron chi connectivity index (χ4n) is 1.94. The van der Waals surface area contributed by atoms with Gasteiger partial charge in [0.2, 0.25) is 5.91 Å². The molecule has 3 nitrogen and oxygen atoms in total. The van der Waals surface area contributed by atoms with Gasteiger partial charge in [-0.1, -0.05) is 26.0 Å². The van der Waals surface area contributed by atoms with Gasteiger partial charge in [-0.15, -0.1) is 11.8 Å². The van der Waals surface area contributed by atoms with Gasteiger partial charge in [0.1, 0.15) is 0 Å². The van der Waals surface area contributed by atoms with E-state index < -0.39 is 0 Å². The molecule has 1 aromatic rings. The molecule has 4 heteroatoms. The van der Waals surface area contributed by atoms with E-state index in [9.17, 15) is 4.79 Å². The zero-order valence-corrected chi connectivity index (χ0v) is 13.4. The van der Waals surface area contributed by atoms with Crippen LogP contribution in [0.4, 0.5) is 0 Å². The molecular weight excluding hydrogens is 268 g/mol. The second-order valence-corrected chi connectivity index (χ2v) is 6.75. The average Bonchev–Trinajstić information content (AvgIpc) is 3.27. The number of nitrogens with one attached hydrogen (secondary N) is 1. The fourth-order valence-corrected chi connectivity index (χ4v) is 2.76. The minimum atomic E-state index is 0.239. The zero-order chi connectivity index (χ0) is 14.5. The van der Waals surface area contributed by atoms with Gasteiger partial charge < -0.3 is 10.2 Å². The molecule has 0 saturated heterocycles. The summed E-state index contributed by atoms with van der Waals surface area (Å²) in [6.07, 6.45) is 2.34.